The molecule has 0 aliphatic heterocycles. The molecule has 2 bridgehead atoms. The molecule has 0 N–H and O–H groups in total. The van der Waals surface area contributed by atoms with Gasteiger partial charge in [-0.05, 0) is 128 Å². The van der Waals surface area contributed by atoms with E-state index in [9.17, 15) is 0 Å². The lowest BCUT2D eigenvalue weighted by molar-refractivity contribution is 0.327. The zero-order valence-corrected chi connectivity index (χ0v) is 33.8. The zero-order valence-electron chi connectivity index (χ0n) is 33.8. The van der Waals surface area contributed by atoms with E-state index in [-0.39, 0.29) is 10.8 Å². The van der Waals surface area contributed by atoms with E-state index in [0.29, 0.717) is 0 Å². The number of nitrogens with zero attached hydrogens (tertiary/aromatic N) is 1. The summed E-state index contributed by atoms with van der Waals surface area (Å²) in [7, 11) is 0. The number of hydrogen-bond donors (Lipinski definition) is 0. The number of para-hydroxylation sites is 2. The molecule has 0 saturated heterocycles. The monoisotopic (exact) mass is 757 g/mol. The fourth-order valence-electron chi connectivity index (χ4n) is 12.2. The highest BCUT2D eigenvalue weighted by atomic mass is 15.1. The molecule has 0 radical (unpaired) electrons. The molecule has 4 aliphatic carbocycles. The molecule has 12 rings (SSSR count). The molecule has 3 atom stereocenters. The summed E-state index contributed by atoms with van der Waals surface area (Å²) in [5.74, 6) is 1.56. The Balaban J connectivity index is 1.03. The third-order valence-electron chi connectivity index (χ3n) is 14.8. The molecule has 0 aromatic heterocycles. The van der Waals surface area contributed by atoms with E-state index in [1.54, 1.807) is 11.1 Å². The smallest absolute Gasteiger partial charge is 0.0540 e. The van der Waals surface area contributed by atoms with Gasteiger partial charge in [0.05, 0.1) is 11.4 Å². The summed E-state index contributed by atoms with van der Waals surface area (Å²) in [6.07, 6.45) is 5.38. The summed E-state index contributed by atoms with van der Waals surface area (Å²) < 4.78 is 0. The quantitative estimate of drug-likeness (QED) is 0.163. The van der Waals surface area contributed by atoms with E-state index in [0.717, 1.165) is 23.2 Å². The van der Waals surface area contributed by atoms with Crippen LogP contribution in [0.1, 0.15) is 61.8 Å². The summed E-state index contributed by atoms with van der Waals surface area (Å²) in [6, 6.07) is 70.8. The van der Waals surface area contributed by atoms with Gasteiger partial charge in [0.15, 0.2) is 0 Å². The fourth-order valence-corrected chi connectivity index (χ4v) is 12.2. The molecule has 0 amide bonds. The SMILES string of the molecule is CC1(C)c2ccccc2-c2cc(-c3ccc(N(c4ccccc4-c4ccccc4)c4ccccc4-c4cccc5c4-c4ccccc4C54CC5CCC4C5)cc3)ccc21. The summed E-state index contributed by atoms with van der Waals surface area (Å²) >= 11 is 0. The van der Waals surface area contributed by atoms with E-state index < -0.39 is 0 Å². The van der Waals surface area contributed by atoms with Gasteiger partial charge in [0.25, 0.3) is 0 Å². The minimum absolute atomic E-state index is 0.00733. The molecule has 8 aromatic rings. The first-order valence-corrected chi connectivity index (χ1v) is 21.6. The molecule has 2 fully saturated rings. The van der Waals surface area contributed by atoms with Gasteiger partial charge in [0.2, 0.25) is 0 Å². The lowest BCUT2D eigenvalue weighted by Gasteiger charge is -2.36. The third-order valence-corrected chi connectivity index (χ3v) is 14.8. The van der Waals surface area contributed by atoms with Crippen molar-refractivity contribution in [2.75, 3.05) is 4.90 Å². The number of benzene rings is 8. The summed E-state index contributed by atoms with van der Waals surface area (Å²) in [4.78, 5) is 2.51. The molecule has 0 heterocycles. The maximum absolute atomic E-state index is 2.51. The standard InChI is InChI=1S/C58H47N/c1-57(2)50-22-10-6-18-45(50)49-36-41(30-34-51(49)57)39-28-32-43(33-29-39)59(54-25-12-8-17-44(54)40-15-4-3-5-16-40)55-26-13-9-19-46(55)47-21-14-24-53-56(47)48-20-7-11-23-52(48)58(53)37-38-27-31-42(58)35-38/h3-26,28-30,32-34,36,38,42H,27,31,35,37H2,1-2H3. The summed E-state index contributed by atoms with van der Waals surface area (Å²) in [5, 5.41) is 0. The lowest BCUT2D eigenvalue weighted by atomic mass is 9.66. The molecule has 8 aromatic carbocycles. The van der Waals surface area contributed by atoms with Gasteiger partial charge in [-0.2, -0.15) is 0 Å². The highest BCUT2D eigenvalue weighted by Crippen LogP contribution is 2.67. The van der Waals surface area contributed by atoms with E-state index in [1.165, 1.54) is 98.1 Å². The van der Waals surface area contributed by atoms with Crippen LogP contribution in [-0.2, 0) is 10.8 Å². The van der Waals surface area contributed by atoms with Crippen LogP contribution >= 0.6 is 0 Å². The summed E-state index contributed by atoms with van der Waals surface area (Å²) in [6.45, 7) is 4.70. The molecular formula is C58H47N. The van der Waals surface area contributed by atoms with Crippen molar-refractivity contribution < 1.29 is 0 Å². The molecule has 1 spiro atoms. The van der Waals surface area contributed by atoms with Gasteiger partial charge in [-0.3, -0.25) is 0 Å². The normalized spacial score (nSPS) is 20.0. The molecular weight excluding hydrogens is 711 g/mol. The van der Waals surface area contributed by atoms with Crippen LogP contribution in [-0.4, -0.2) is 0 Å². The Morgan fingerprint density at radius 3 is 1.76 bits per heavy atom. The van der Waals surface area contributed by atoms with Crippen molar-refractivity contribution in [1.82, 2.24) is 0 Å². The lowest BCUT2D eigenvalue weighted by Crippen LogP contribution is -2.31. The Hall–Kier alpha value is -6.44. The van der Waals surface area contributed by atoms with Crippen molar-refractivity contribution in [2.45, 2.75) is 50.4 Å². The Bertz CT molecular complexity index is 2940. The minimum atomic E-state index is -0.00733. The van der Waals surface area contributed by atoms with E-state index in [2.05, 4.69) is 207 Å². The Morgan fingerprint density at radius 1 is 0.424 bits per heavy atom. The highest BCUT2D eigenvalue weighted by molar-refractivity contribution is 6.00. The number of hydrogen-bond acceptors (Lipinski definition) is 1. The summed E-state index contributed by atoms with van der Waals surface area (Å²) in [5.41, 5.74) is 22.6. The van der Waals surface area contributed by atoms with Gasteiger partial charge >= 0.3 is 0 Å². The van der Waals surface area contributed by atoms with E-state index in [1.807, 2.05) is 0 Å². The van der Waals surface area contributed by atoms with Crippen LogP contribution in [0, 0.1) is 11.8 Å². The first kappa shape index (κ1) is 34.6. The first-order valence-electron chi connectivity index (χ1n) is 21.6. The largest absolute Gasteiger partial charge is 0.309 e. The topological polar surface area (TPSA) is 3.24 Å². The molecule has 284 valence electrons. The van der Waals surface area contributed by atoms with Crippen LogP contribution < -0.4 is 4.90 Å². The van der Waals surface area contributed by atoms with E-state index in [4.69, 9.17) is 0 Å². The maximum Gasteiger partial charge on any atom is 0.0540 e. The molecule has 4 aliphatic rings. The predicted molar refractivity (Wildman–Crippen MR) is 247 cm³/mol. The maximum atomic E-state index is 2.51. The van der Waals surface area contributed by atoms with Gasteiger partial charge < -0.3 is 4.90 Å². The zero-order chi connectivity index (χ0) is 39.3. The van der Waals surface area contributed by atoms with E-state index >= 15 is 0 Å². The highest BCUT2D eigenvalue weighted by Gasteiger charge is 2.57. The predicted octanol–water partition coefficient (Wildman–Crippen LogP) is 15.6. The van der Waals surface area contributed by atoms with Crippen molar-refractivity contribution in [1.29, 1.82) is 0 Å². The van der Waals surface area contributed by atoms with Crippen LogP contribution in [0.15, 0.2) is 188 Å². The van der Waals surface area contributed by atoms with Gasteiger partial charge in [-0.1, -0.05) is 178 Å². The molecule has 1 nitrogen and oxygen atoms in total. The molecule has 1 heteroatoms. The van der Waals surface area contributed by atoms with Gasteiger partial charge in [-0.25, -0.2) is 0 Å². The van der Waals surface area contributed by atoms with Crippen molar-refractivity contribution in [3.8, 4) is 55.6 Å². The number of rotatable bonds is 6. The molecule has 2 saturated carbocycles. The van der Waals surface area contributed by atoms with Gasteiger partial charge in [-0.15, -0.1) is 0 Å². The molecule has 3 unspecified atom stereocenters. The Labute approximate surface area is 348 Å². The van der Waals surface area contributed by atoms with Gasteiger partial charge in [0.1, 0.15) is 0 Å². The number of fused-ring (bicyclic) bond motifs is 11. The van der Waals surface area contributed by atoms with Crippen LogP contribution in [0.4, 0.5) is 17.1 Å². The van der Waals surface area contributed by atoms with Crippen LogP contribution in [0.5, 0.6) is 0 Å². The minimum Gasteiger partial charge on any atom is -0.309 e. The van der Waals surface area contributed by atoms with Crippen LogP contribution in [0.2, 0.25) is 0 Å². The van der Waals surface area contributed by atoms with Crippen LogP contribution in [0.25, 0.3) is 55.6 Å². The third kappa shape index (κ3) is 5.04. The average molecular weight is 758 g/mol. The first-order chi connectivity index (χ1) is 29.0. The Morgan fingerprint density at radius 2 is 1.02 bits per heavy atom. The van der Waals surface area contributed by atoms with Crippen molar-refractivity contribution in [2.24, 2.45) is 11.8 Å². The molecule has 59 heavy (non-hydrogen) atoms. The second kappa shape index (κ2) is 13.0. The number of anilines is 3. The van der Waals surface area contributed by atoms with Crippen LogP contribution in [0.3, 0.4) is 0 Å². The van der Waals surface area contributed by atoms with Gasteiger partial charge in [0, 0.05) is 27.6 Å². The average Bonchev–Trinajstić information content (AvgIpc) is 4.04. The Kier molecular flexibility index (Phi) is 7.64. The second-order valence-corrected chi connectivity index (χ2v) is 18.0. The fraction of sp³-hybridized carbons (Fsp3) is 0.172. The second-order valence-electron chi connectivity index (χ2n) is 18.0. The van der Waals surface area contributed by atoms with Crippen molar-refractivity contribution in [3.05, 3.63) is 210 Å². The van der Waals surface area contributed by atoms with Crippen molar-refractivity contribution >= 4 is 17.1 Å². The van der Waals surface area contributed by atoms with Crippen molar-refractivity contribution in [3.63, 3.8) is 0 Å².